The number of methoxy groups -OCH3 is 2. The first-order valence-corrected chi connectivity index (χ1v) is 6.74. The standard InChI is InChI=1S/C16H12F6O4/c1-25-13(23)5-3-4-12(14(24)26-2)9-6-10(15(17,18)19)8-11(7-9)16(20,21)22/h3-8H,1-2H3. The fourth-order valence-electron chi connectivity index (χ4n) is 1.79. The van der Waals surface area contributed by atoms with Crippen molar-refractivity contribution in [2.75, 3.05) is 14.2 Å². The average Bonchev–Trinajstić information content (AvgIpc) is 2.55. The van der Waals surface area contributed by atoms with Crippen LogP contribution in [-0.2, 0) is 31.4 Å². The van der Waals surface area contributed by atoms with Gasteiger partial charge in [-0.15, -0.1) is 0 Å². The molecule has 0 N–H and O–H groups in total. The van der Waals surface area contributed by atoms with Gasteiger partial charge in [-0.1, -0.05) is 6.08 Å². The maximum absolute atomic E-state index is 12.9. The van der Waals surface area contributed by atoms with Crippen molar-refractivity contribution >= 4 is 17.5 Å². The van der Waals surface area contributed by atoms with E-state index in [1.54, 1.807) is 0 Å². The number of rotatable bonds is 4. The lowest BCUT2D eigenvalue weighted by Gasteiger charge is -2.15. The molecule has 0 spiro atoms. The number of benzene rings is 1. The van der Waals surface area contributed by atoms with E-state index in [4.69, 9.17) is 0 Å². The maximum Gasteiger partial charge on any atom is 0.416 e. The minimum atomic E-state index is -5.07. The Labute approximate surface area is 143 Å². The molecule has 0 aliphatic carbocycles. The molecule has 4 nitrogen and oxygen atoms in total. The SMILES string of the molecule is COC(=O)C=CC=C(C(=O)OC)c1cc(C(F)(F)F)cc(C(F)(F)F)c1. The number of esters is 2. The van der Waals surface area contributed by atoms with Gasteiger partial charge in [-0.2, -0.15) is 26.3 Å². The Morgan fingerprint density at radius 1 is 0.885 bits per heavy atom. The molecule has 142 valence electrons. The van der Waals surface area contributed by atoms with Gasteiger partial charge in [0.1, 0.15) is 0 Å². The second-order valence-electron chi connectivity index (χ2n) is 4.75. The number of hydrogen-bond acceptors (Lipinski definition) is 4. The van der Waals surface area contributed by atoms with E-state index in [2.05, 4.69) is 9.47 Å². The Kier molecular flexibility index (Phi) is 6.60. The normalized spacial score (nSPS) is 13.0. The van der Waals surface area contributed by atoms with Gasteiger partial charge in [0.05, 0.1) is 30.9 Å². The van der Waals surface area contributed by atoms with Gasteiger partial charge in [-0.25, -0.2) is 9.59 Å². The Balaban J connectivity index is 3.59. The number of hydrogen-bond donors (Lipinski definition) is 0. The summed E-state index contributed by atoms with van der Waals surface area (Å²) in [6, 6.07) is 0.691. The van der Waals surface area contributed by atoms with Crippen LogP contribution in [0.2, 0.25) is 0 Å². The first-order chi connectivity index (χ1) is 11.9. The summed E-state index contributed by atoms with van der Waals surface area (Å²) in [6.45, 7) is 0. The van der Waals surface area contributed by atoms with Gasteiger partial charge in [-0.05, 0) is 29.8 Å². The fourth-order valence-corrected chi connectivity index (χ4v) is 1.79. The highest BCUT2D eigenvalue weighted by Gasteiger charge is 2.37. The van der Waals surface area contributed by atoms with Crippen LogP contribution in [0.1, 0.15) is 16.7 Å². The van der Waals surface area contributed by atoms with Crippen molar-refractivity contribution in [3.8, 4) is 0 Å². The highest BCUT2D eigenvalue weighted by atomic mass is 19.4. The third-order valence-electron chi connectivity index (χ3n) is 3.00. The van der Waals surface area contributed by atoms with Crippen LogP contribution < -0.4 is 0 Å². The topological polar surface area (TPSA) is 52.6 Å². The van der Waals surface area contributed by atoms with Crippen molar-refractivity contribution < 1.29 is 45.4 Å². The van der Waals surface area contributed by atoms with E-state index in [0.717, 1.165) is 32.4 Å². The molecular formula is C16H12F6O4. The Hall–Kier alpha value is -2.78. The molecule has 0 radical (unpaired) electrons. The molecular weight excluding hydrogens is 370 g/mol. The van der Waals surface area contributed by atoms with E-state index >= 15 is 0 Å². The van der Waals surface area contributed by atoms with Gasteiger partial charge in [0.15, 0.2) is 0 Å². The van der Waals surface area contributed by atoms with Crippen molar-refractivity contribution in [1.29, 1.82) is 0 Å². The number of ether oxygens (including phenoxy) is 2. The number of halogens is 6. The molecule has 0 fully saturated rings. The fraction of sp³-hybridized carbons (Fsp3) is 0.250. The second kappa shape index (κ2) is 8.07. The van der Waals surface area contributed by atoms with Crippen molar-refractivity contribution in [1.82, 2.24) is 0 Å². The minimum absolute atomic E-state index is 0.0668. The average molecular weight is 382 g/mol. The van der Waals surface area contributed by atoms with Crippen LogP contribution in [-0.4, -0.2) is 26.2 Å². The van der Waals surface area contributed by atoms with Crippen molar-refractivity contribution in [2.24, 2.45) is 0 Å². The zero-order valence-electron chi connectivity index (χ0n) is 13.4. The van der Waals surface area contributed by atoms with Gasteiger partial charge < -0.3 is 9.47 Å². The van der Waals surface area contributed by atoms with Gasteiger partial charge in [-0.3, -0.25) is 0 Å². The first-order valence-electron chi connectivity index (χ1n) is 6.74. The highest BCUT2D eigenvalue weighted by molar-refractivity contribution is 6.17. The number of alkyl halides is 6. The van der Waals surface area contributed by atoms with E-state index in [-0.39, 0.29) is 6.07 Å². The number of allylic oxidation sites excluding steroid dienone is 2. The Morgan fingerprint density at radius 3 is 1.77 bits per heavy atom. The van der Waals surface area contributed by atoms with Gasteiger partial charge >= 0.3 is 24.3 Å². The zero-order valence-corrected chi connectivity index (χ0v) is 13.4. The molecule has 0 bridgehead atoms. The Morgan fingerprint density at radius 2 is 1.38 bits per heavy atom. The number of carbonyl (C=O) groups is 2. The summed E-state index contributed by atoms with van der Waals surface area (Å²) in [6.07, 6.45) is -7.54. The molecule has 0 unspecified atom stereocenters. The van der Waals surface area contributed by atoms with E-state index < -0.39 is 46.6 Å². The molecule has 0 atom stereocenters. The molecule has 1 aromatic carbocycles. The van der Waals surface area contributed by atoms with Crippen LogP contribution >= 0.6 is 0 Å². The molecule has 0 amide bonds. The molecule has 26 heavy (non-hydrogen) atoms. The van der Waals surface area contributed by atoms with Crippen LogP contribution in [0, 0.1) is 0 Å². The smallest absolute Gasteiger partial charge is 0.416 e. The second-order valence-corrected chi connectivity index (χ2v) is 4.75. The van der Waals surface area contributed by atoms with Crippen molar-refractivity contribution in [2.45, 2.75) is 12.4 Å². The van der Waals surface area contributed by atoms with Crippen LogP contribution in [0.4, 0.5) is 26.3 Å². The summed E-state index contributed by atoms with van der Waals surface area (Å²) in [5.41, 5.74) is -4.46. The number of carbonyl (C=O) groups excluding carboxylic acids is 2. The lowest BCUT2D eigenvalue weighted by atomic mass is 9.98. The summed E-state index contributed by atoms with van der Waals surface area (Å²) in [5.74, 6) is -2.03. The maximum atomic E-state index is 12.9. The van der Waals surface area contributed by atoms with Crippen LogP contribution in [0.25, 0.3) is 5.57 Å². The molecule has 0 heterocycles. The molecule has 0 saturated heterocycles. The van der Waals surface area contributed by atoms with E-state index in [9.17, 15) is 35.9 Å². The Bertz CT molecular complexity index is 712. The summed E-state index contributed by atoms with van der Waals surface area (Å²) in [7, 11) is 1.96. The molecule has 1 aromatic rings. The monoisotopic (exact) mass is 382 g/mol. The minimum Gasteiger partial charge on any atom is -0.466 e. The van der Waals surface area contributed by atoms with E-state index in [1.165, 1.54) is 0 Å². The predicted octanol–water partition coefficient (Wildman–Crippen LogP) is 4.01. The van der Waals surface area contributed by atoms with Crippen molar-refractivity contribution in [3.63, 3.8) is 0 Å². The van der Waals surface area contributed by atoms with Crippen LogP contribution in [0.15, 0.2) is 36.4 Å². The van der Waals surface area contributed by atoms with Crippen LogP contribution in [0.3, 0.4) is 0 Å². The van der Waals surface area contributed by atoms with E-state index in [0.29, 0.717) is 12.1 Å². The molecule has 10 heteroatoms. The van der Waals surface area contributed by atoms with E-state index in [1.807, 2.05) is 0 Å². The first kappa shape index (κ1) is 21.3. The summed E-state index contributed by atoms with van der Waals surface area (Å²) in [4.78, 5) is 22.8. The molecule has 1 rings (SSSR count). The lowest BCUT2D eigenvalue weighted by Crippen LogP contribution is -2.13. The lowest BCUT2D eigenvalue weighted by molar-refractivity contribution is -0.143. The van der Waals surface area contributed by atoms with Crippen molar-refractivity contribution in [3.05, 3.63) is 53.1 Å². The van der Waals surface area contributed by atoms with Crippen LogP contribution in [0.5, 0.6) is 0 Å². The van der Waals surface area contributed by atoms with Gasteiger partial charge in [0.25, 0.3) is 0 Å². The summed E-state index contributed by atoms with van der Waals surface area (Å²) >= 11 is 0. The third-order valence-corrected chi connectivity index (χ3v) is 3.00. The summed E-state index contributed by atoms with van der Waals surface area (Å²) in [5, 5.41) is 0. The summed E-state index contributed by atoms with van der Waals surface area (Å²) < 4.78 is 86.1. The van der Waals surface area contributed by atoms with Gasteiger partial charge in [0, 0.05) is 6.08 Å². The third kappa shape index (κ3) is 5.64. The quantitative estimate of drug-likeness (QED) is 0.342. The molecule has 0 aliphatic heterocycles. The molecule has 0 saturated carbocycles. The molecule has 0 aromatic heterocycles. The zero-order chi connectivity index (χ0) is 20.1. The highest BCUT2D eigenvalue weighted by Crippen LogP contribution is 2.37. The van der Waals surface area contributed by atoms with Gasteiger partial charge in [0.2, 0.25) is 0 Å². The molecule has 0 aliphatic rings. The predicted molar refractivity (Wildman–Crippen MR) is 77.6 cm³/mol. The largest absolute Gasteiger partial charge is 0.466 e.